The van der Waals surface area contributed by atoms with Crippen LogP contribution >= 0.6 is 11.6 Å². The van der Waals surface area contributed by atoms with E-state index in [0.29, 0.717) is 17.4 Å². The molecule has 1 aromatic rings. The highest BCUT2D eigenvalue weighted by Crippen LogP contribution is 2.26. The smallest absolute Gasteiger partial charge is 0.307 e. The molecule has 0 heterocycles. The number of amides is 2. The lowest BCUT2D eigenvalue weighted by molar-refractivity contribution is -0.141. The summed E-state index contributed by atoms with van der Waals surface area (Å²) < 4.78 is 4.70. The second kappa shape index (κ2) is 10.9. The predicted octanol–water partition coefficient (Wildman–Crippen LogP) is 3.15. The van der Waals surface area contributed by atoms with E-state index in [-0.39, 0.29) is 24.8 Å². The zero-order valence-electron chi connectivity index (χ0n) is 15.6. The lowest BCUT2D eigenvalue weighted by atomic mass is 9.87. The molecule has 7 heteroatoms. The monoisotopic (exact) mass is 394 g/mol. The van der Waals surface area contributed by atoms with Crippen molar-refractivity contribution in [3.8, 4) is 0 Å². The Bertz CT molecular complexity index is 642. The quantitative estimate of drug-likeness (QED) is 0.663. The first-order valence-corrected chi connectivity index (χ1v) is 9.74. The van der Waals surface area contributed by atoms with Crippen LogP contribution in [0.25, 0.3) is 0 Å². The Kier molecular flexibility index (Phi) is 8.58. The number of ether oxygens (including phenoxy) is 1. The number of esters is 1. The van der Waals surface area contributed by atoms with Gasteiger partial charge in [0.1, 0.15) is 0 Å². The molecule has 27 heavy (non-hydrogen) atoms. The normalized spacial score (nSPS) is 15.6. The molecule has 1 unspecified atom stereocenters. The number of benzene rings is 1. The number of rotatable bonds is 8. The van der Waals surface area contributed by atoms with Gasteiger partial charge < -0.3 is 15.4 Å². The number of hydrogen-bond acceptors (Lipinski definition) is 4. The van der Waals surface area contributed by atoms with Gasteiger partial charge in [-0.15, -0.1) is 0 Å². The number of nitrogens with one attached hydrogen (secondary N) is 2. The van der Waals surface area contributed by atoms with Gasteiger partial charge in [0.2, 0.25) is 11.8 Å². The summed E-state index contributed by atoms with van der Waals surface area (Å²) in [4.78, 5) is 36.0. The van der Waals surface area contributed by atoms with Crippen LogP contribution in [-0.4, -0.2) is 31.4 Å². The van der Waals surface area contributed by atoms with Crippen LogP contribution < -0.4 is 10.6 Å². The summed E-state index contributed by atoms with van der Waals surface area (Å²) in [7, 11) is 1.30. The van der Waals surface area contributed by atoms with Crippen molar-refractivity contribution >= 4 is 29.4 Å². The molecule has 0 aliphatic heterocycles. The van der Waals surface area contributed by atoms with Crippen molar-refractivity contribution in [3.63, 3.8) is 0 Å². The SMILES string of the molecule is COC(=O)CC(NC(=O)CNC(=O)CC1CCCCC1)c1ccc(Cl)cc1. The van der Waals surface area contributed by atoms with Gasteiger partial charge in [-0.3, -0.25) is 14.4 Å². The molecule has 0 spiro atoms. The van der Waals surface area contributed by atoms with Crippen LogP contribution in [0.15, 0.2) is 24.3 Å². The summed E-state index contributed by atoms with van der Waals surface area (Å²) in [5.74, 6) is -0.469. The average molecular weight is 395 g/mol. The molecule has 1 aromatic carbocycles. The Morgan fingerprint density at radius 3 is 2.41 bits per heavy atom. The molecule has 0 radical (unpaired) electrons. The fraction of sp³-hybridized carbons (Fsp3) is 0.550. The second-order valence-electron chi connectivity index (χ2n) is 6.94. The van der Waals surface area contributed by atoms with Crippen molar-refractivity contribution in [2.24, 2.45) is 5.92 Å². The Morgan fingerprint density at radius 2 is 1.78 bits per heavy atom. The molecule has 1 aliphatic rings. The molecule has 2 rings (SSSR count). The Morgan fingerprint density at radius 1 is 1.11 bits per heavy atom. The standard InChI is InChI=1S/C20H27ClN2O4/c1-27-20(26)12-17(15-7-9-16(21)10-8-15)23-19(25)13-22-18(24)11-14-5-3-2-4-6-14/h7-10,14,17H,2-6,11-13H2,1H3,(H,22,24)(H,23,25). The molecule has 0 saturated heterocycles. The fourth-order valence-corrected chi connectivity index (χ4v) is 3.47. The van der Waals surface area contributed by atoms with E-state index in [1.807, 2.05) is 0 Å². The van der Waals surface area contributed by atoms with E-state index in [9.17, 15) is 14.4 Å². The van der Waals surface area contributed by atoms with Gasteiger partial charge in [-0.1, -0.05) is 43.0 Å². The highest BCUT2D eigenvalue weighted by molar-refractivity contribution is 6.30. The van der Waals surface area contributed by atoms with Gasteiger partial charge in [-0.05, 0) is 36.5 Å². The first-order chi connectivity index (χ1) is 13.0. The van der Waals surface area contributed by atoms with E-state index in [1.165, 1.54) is 26.4 Å². The van der Waals surface area contributed by atoms with E-state index in [0.717, 1.165) is 18.4 Å². The lowest BCUT2D eigenvalue weighted by Crippen LogP contribution is -2.39. The molecule has 1 saturated carbocycles. The summed E-state index contributed by atoms with van der Waals surface area (Å²) >= 11 is 5.89. The molecule has 1 atom stereocenters. The second-order valence-corrected chi connectivity index (χ2v) is 7.37. The van der Waals surface area contributed by atoms with Crippen molar-refractivity contribution in [2.45, 2.75) is 51.0 Å². The largest absolute Gasteiger partial charge is 0.469 e. The Labute approximate surface area is 165 Å². The maximum absolute atomic E-state index is 12.3. The predicted molar refractivity (Wildman–Crippen MR) is 103 cm³/mol. The number of hydrogen-bond donors (Lipinski definition) is 2. The van der Waals surface area contributed by atoms with Gasteiger partial charge in [0.15, 0.2) is 0 Å². The Hall–Kier alpha value is -2.08. The van der Waals surface area contributed by atoms with E-state index in [2.05, 4.69) is 10.6 Å². The summed E-state index contributed by atoms with van der Waals surface area (Å²) in [5.41, 5.74) is 0.742. The Balaban J connectivity index is 1.85. The van der Waals surface area contributed by atoms with Crippen molar-refractivity contribution in [2.75, 3.05) is 13.7 Å². The van der Waals surface area contributed by atoms with Gasteiger partial charge in [0.25, 0.3) is 0 Å². The molecule has 148 valence electrons. The minimum Gasteiger partial charge on any atom is -0.469 e. The molecule has 1 aliphatic carbocycles. The maximum Gasteiger partial charge on any atom is 0.307 e. The van der Waals surface area contributed by atoms with E-state index >= 15 is 0 Å². The van der Waals surface area contributed by atoms with Crippen molar-refractivity contribution in [1.29, 1.82) is 0 Å². The van der Waals surface area contributed by atoms with Gasteiger partial charge in [0, 0.05) is 11.4 Å². The highest BCUT2D eigenvalue weighted by Gasteiger charge is 2.20. The van der Waals surface area contributed by atoms with Gasteiger partial charge in [-0.2, -0.15) is 0 Å². The first kappa shape index (κ1) is 21.2. The van der Waals surface area contributed by atoms with Crippen LogP contribution in [0.1, 0.15) is 56.6 Å². The number of methoxy groups -OCH3 is 1. The average Bonchev–Trinajstić information content (AvgIpc) is 2.67. The summed E-state index contributed by atoms with van der Waals surface area (Å²) in [5, 5.41) is 6.02. The summed E-state index contributed by atoms with van der Waals surface area (Å²) in [6.07, 6.45) is 6.22. The molecular formula is C20H27ClN2O4. The number of carbonyl (C=O) groups excluding carboxylic acids is 3. The molecule has 1 fully saturated rings. The van der Waals surface area contributed by atoms with Crippen LogP contribution in [0.4, 0.5) is 0 Å². The minimum absolute atomic E-state index is 0.000106. The maximum atomic E-state index is 12.3. The van der Waals surface area contributed by atoms with E-state index < -0.39 is 12.0 Å². The number of halogens is 1. The summed E-state index contributed by atoms with van der Waals surface area (Å²) in [6.45, 7) is -0.114. The lowest BCUT2D eigenvalue weighted by Gasteiger charge is -2.21. The van der Waals surface area contributed by atoms with Gasteiger partial charge >= 0.3 is 5.97 Å². The van der Waals surface area contributed by atoms with E-state index in [1.54, 1.807) is 24.3 Å². The molecular weight excluding hydrogens is 368 g/mol. The molecule has 0 bridgehead atoms. The molecule has 6 nitrogen and oxygen atoms in total. The van der Waals surface area contributed by atoms with Crippen LogP contribution in [0.2, 0.25) is 5.02 Å². The summed E-state index contributed by atoms with van der Waals surface area (Å²) in [6, 6.07) is 6.34. The number of carbonyl (C=O) groups is 3. The minimum atomic E-state index is -0.544. The van der Waals surface area contributed by atoms with Crippen LogP contribution in [0, 0.1) is 5.92 Å². The van der Waals surface area contributed by atoms with Crippen LogP contribution in [-0.2, 0) is 19.1 Å². The molecule has 2 amide bonds. The molecule has 2 N–H and O–H groups in total. The van der Waals surface area contributed by atoms with Crippen LogP contribution in [0.3, 0.4) is 0 Å². The molecule has 0 aromatic heterocycles. The zero-order valence-corrected chi connectivity index (χ0v) is 16.4. The van der Waals surface area contributed by atoms with Crippen molar-refractivity contribution < 1.29 is 19.1 Å². The highest BCUT2D eigenvalue weighted by atomic mass is 35.5. The topological polar surface area (TPSA) is 84.5 Å². The zero-order chi connectivity index (χ0) is 19.6. The first-order valence-electron chi connectivity index (χ1n) is 9.36. The third kappa shape index (κ3) is 7.59. The fourth-order valence-electron chi connectivity index (χ4n) is 3.35. The third-order valence-electron chi connectivity index (χ3n) is 4.85. The van der Waals surface area contributed by atoms with Crippen LogP contribution in [0.5, 0.6) is 0 Å². The van der Waals surface area contributed by atoms with Gasteiger partial charge in [-0.25, -0.2) is 0 Å². The third-order valence-corrected chi connectivity index (χ3v) is 5.10. The van der Waals surface area contributed by atoms with Crippen molar-refractivity contribution in [3.05, 3.63) is 34.9 Å². The van der Waals surface area contributed by atoms with Gasteiger partial charge in [0.05, 0.1) is 26.1 Å². The van der Waals surface area contributed by atoms with E-state index in [4.69, 9.17) is 16.3 Å². The van der Waals surface area contributed by atoms with Crippen molar-refractivity contribution in [1.82, 2.24) is 10.6 Å².